The van der Waals surface area contributed by atoms with Gasteiger partial charge in [-0.2, -0.15) is 0 Å². The summed E-state index contributed by atoms with van der Waals surface area (Å²) in [6.07, 6.45) is 1.87. The normalized spacial score (nSPS) is 20.9. The number of amides is 2. The number of nitrogens with one attached hydrogen (secondary N) is 1. The summed E-state index contributed by atoms with van der Waals surface area (Å²) < 4.78 is 5.98. The highest BCUT2D eigenvalue weighted by Crippen LogP contribution is 2.26. The average Bonchev–Trinajstić information content (AvgIpc) is 2.62. The van der Waals surface area contributed by atoms with Gasteiger partial charge >= 0.3 is 0 Å². The highest BCUT2D eigenvalue weighted by atomic mass is 79.9. The first-order valence-corrected chi connectivity index (χ1v) is 9.02. The Bertz CT molecular complexity index is 644. The first kappa shape index (κ1) is 20.0. The fourth-order valence-electron chi connectivity index (χ4n) is 3.37. The number of halogens is 2. The molecule has 2 aliphatic heterocycles. The lowest BCUT2D eigenvalue weighted by molar-refractivity contribution is -0.135. The van der Waals surface area contributed by atoms with Gasteiger partial charge in [0.15, 0.2) is 0 Å². The van der Waals surface area contributed by atoms with Gasteiger partial charge < -0.3 is 19.9 Å². The zero-order valence-electron chi connectivity index (χ0n) is 14.2. The second kappa shape index (κ2) is 8.87. The van der Waals surface area contributed by atoms with Crippen molar-refractivity contribution in [2.24, 2.45) is 0 Å². The fourth-order valence-corrected chi connectivity index (χ4v) is 3.78. The van der Waals surface area contributed by atoms with Gasteiger partial charge in [-0.15, -0.1) is 12.4 Å². The van der Waals surface area contributed by atoms with Crippen molar-refractivity contribution in [3.8, 4) is 5.75 Å². The Balaban J connectivity index is 0.00000225. The lowest BCUT2D eigenvalue weighted by Gasteiger charge is -2.41. The maximum atomic E-state index is 12.9. The molecule has 2 fully saturated rings. The minimum Gasteiger partial charge on any atom is -0.497 e. The Morgan fingerprint density at radius 1 is 1.36 bits per heavy atom. The van der Waals surface area contributed by atoms with Gasteiger partial charge in [0.25, 0.3) is 5.91 Å². The van der Waals surface area contributed by atoms with Gasteiger partial charge in [-0.25, -0.2) is 0 Å². The first-order valence-electron chi connectivity index (χ1n) is 8.23. The molecule has 1 aromatic carbocycles. The number of piperazine rings is 1. The molecule has 8 heteroatoms. The molecule has 1 unspecified atom stereocenters. The number of carbonyl (C=O) groups is 2. The first-order chi connectivity index (χ1) is 11.6. The van der Waals surface area contributed by atoms with Gasteiger partial charge in [0.1, 0.15) is 5.75 Å². The minimum atomic E-state index is -0.0203. The maximum absolute atomic E-state index is 12.9. The van der Waals surface area contributed by atoms with Crippen molar-refractivity contribution in [1.82, 2.24) is 15.1 Å². The van der Waals surface area contributed by atoms with Crippen LogP contribution in [0.5, 0.6) is 5.75 Å². The van der Waals surface area contributed by atoms with Gasteiger partial charge in [-0.05, 0) is 47.0 Å². The van der Waals surface area contributed by atoms with Gasteiger partial charge in [-0.1, -0.05) is 0 Å². The van der Waals surface area contributed by atoms with E-state index in [0.717, 1.165) is 30.4 Å². The monoisotopic (exact) mass is 431 g/mol. The van der Waals surface area contributed by atoms with Crippen molar-refractivity contribution in [3.05, 3.63) is 28.2 Å². The molecular formula is C17H23BrClN3O3. The third-order valence-electron chi connectivity index (χ3n) is 4.65. The van der Waals surface area contributed by atoms with Gasteiger partial charge in [0.05, 0.1) is 19.2 Å². The smallest absolute Gasteiger partial charge is 0.255 e. The third-order valence-corrected chi connectivity index (χ3v) is 5.35. The molecule has 0 aromatic heterocycles. The van der Waals surface area contributed by atoms with Crippen LogP contribution in [0.3, 0.4) is 0 Å². The topological polar surface area (TPSA) is 61.9 Å². The van der Waals surface area contributed by atoms with Crippen molar-refractivity contribution in [2.75, 3.05) is 39.8 Å². The van der Waals surface area contributed by atoms with Crippen molar-refractivity contribution in [1.29, 1.82) is 0 Å². The molecule has 2 amide bonds. The van der Waals surface area contributed by atoms with Crippen LogP contribution in [-0.4, -0.2) is 67.5 Å². The number of piperidine rings is 1. The summed E-state index contributed by atoms with van der Waals surface area (Å²) in [4.78, 5) is 28.8. The van der Waals surface area contributed by atoms with Crippen LogP contribution in [0.15, 0.2) is 22.7 Å². The Hall–Kier alpha value is -1.31. The predicted octanol–water partition coefficient (Wildman–Crippen LogP) is 1.92. The van der Waals surface area contributed by atoms with E-state index in [-0.39, 0.29) is 30.3 Å². The number of methoxy groups -OCH3 is 1. The molecule has 1 atom stereocenters. The molecule has 6 nitrogen and oxygen atoms in total. The summed E-state index contributed by atoms with van der Waals surface area (Å²) in [7, 11) is 1.59. The zero-order valence-corrected chi connectivity index (χ0v) is 16.6. The number of benzene rings is 1. The van der Waals surface area contributed by atoms with Crippen molar-refractivity contribution < 1.29 is 14.3 Å². The maximum Gasteiger partial charge on any atom is 0.255 e. The summed E-state index contributed by atoms with van der Waals surface area (Å²) in [5.41, 5.74) is 0.599. The van der Waals surface area contributed by atoms with Gasteiger partial charge in [0.2, 0.25) is 5.91 Å². The number of likely N-dealkylation sites (tertiary alicyclic amines) is 1. The fraction of sp³-hybridized carbons (Fsp3) is 0.529. The standard InChI is InChI=1S/C17H22BrN3O3.ClH/c1-24-13-4-5-15(18)14(9-13)17(23)20-7-2-3-12(11-20)21-8-6-19-10-16(21)22;/h4-5,9,12,19H,2-3,6-8,10-11H2,1H3;1H. The average molecular weight is 433 g/mol. The third kappa shape index (κ3) is 4.46. The Morgan fingerprint density at radius 2 is 2.16 bits per heavy atom. The summed E-state index contributed by atoms with van der Waals surface area (Å²) in [5.74, 6) is 0.767. The summed E-state index contributed by atoms with van der Waals surface area (Å²) in [5, 5.41) is 3.09. The van der Waals surface area contributed by atoms with Crippen molar-refractivity contribution in [2.45, 2.75) is 18.9 Å². The molecule has 0 bridgehead atoms. The van der Waals surface area contributed by atoms with Crippen LogP contribution >= 0.6 is 28.3 Å². The minimum absolute atomic E-state index is 0. The number of nitrogens with zero attached hydrogens (tertiary/aromatic N) is 2. The Morgan fingerprint density at radius 3 is 2.88 bits per heavy atom. The molecule has 0 saturated carbocycles. The summed E-state index contributed by atoms with van der Waals surface area (Å²) in [6.45, 7) is 3.24. The quantitative estimate of drug-likeness (QED) is 0.793. The molecule has 2 saturated heterocycles. The molecule has 2 heterocycles. The summed E-state index contributed by atoms with van der Waals surface area (Å²) >= 11 is 3.45. The second-order valence-electron chi connectivity index (χ2n) is 6.16. The number of rotatable bonds is 3. The number of carbonyl (C=O) groups excluding carboxylic acids is 2. The van der Waals surface area contributed by atoms with Crippen LogP contribution in [0.1, 0.15) is 23.2 Å². The molecule has 1 N–H and O–H groups in total. The van der Waals surface area contributed by atoms with Crippen LogP contribution in [0.2, 0.25) is 0 Å². The Labute approximate surface area is 162 Å². The molecule has 2 aliphatic rings. The van der Waals surface area contributed by atoms with E-state index in [1.807, 2.05) is 21.9 Å². The second-order valence-corrected chi connectivity index (χ2v) is 7.01. The van der Waals surface area contributed by atoms with E-state index in [1.165, 1.54) is 0 Å². The van der Waals surface area contributed by atoms with E-state index in [2.05, 4.69) is 21.2 Å². The molecule has 0 spiro atoms. The zero-order chi connectivity index (χ0) is 17.1. The Kier molecular flexibility index (Phi) is 7.10. The number of hydrogen-bond donors (Lipinski definition) is 1. The van der Waals surface area contributed by atoms with Gasteiger partial charge in [-0.3, -0.25) is 9.59 Å². The molecule has 1 aromatic rings. The highest BCUT2D eigenvalue weighted by molar-refractivity contribution is 9.10. The van der Waals surface area contributed by atoms with Crippen LogP contribution in [-0.2, 0) is 4.79 Å². The highest BCUT2D eigenvalue weighted by Gasteiger charge is 2.32. The van der Waals surface area contributed by atoms with Crippen LogP contribution in [0, 0.1) is 0 Å². The van der Waals surface area contributed by atoms with E-state index in [9.17, 15) is 9.59 Å². The molecule has 3 rings (SSSR count). The van der Waals surface area contributed by atoms with E-state index in [4.69, 9.17) is 4.74 Å². The van der Waals surface area contributed by atoms with Crippen LogP contribution in [0.4, 0.5) is 0 Å². The lowest BCUT2D eigenvalue weighted by atomic mass is 10.0. The SMILES string of the molecule is COc1ccc(Br)c(C(=O)N2CCCC(N3CCNCC3=O)C2)c1.Cl. The van der Waals surface area contributed by atoms with E-state index in [0.29, 0.717) is 30.9 Å². The largest absolute Gasteiger partial charge is 0.497 e. The van der Waals surface area contributed by atoms with E-state index < -0.39 is 0 Å². The molecule has 25 heavy (non-hydrogen) atoms. The number of hydrogen-bond acceptors (Lipinski definition) is 4. The van der Waals surface area contributed by atoms with Crippen LogP contribution < -0.4 is 10.1 Å². The van der Waals surface area contributed by atoms with Crippen LogP contribution in [0.25, 0.3) is 0 Å². The lowest BCUT2D eigenvalue weighted by Crippen LogP contribution is -2.57. The van der Waals surface area contributed by atoms with E-state index in [1.54, 1.807) is 13.2 Å². The molecule has 0 radical (unpaired) electrons. The van der Waals surface area contributed by atoms with Crippen molar-refractivity contribution >= 4 is 40.2 Å². The summed E-state index contributed by atoms with van der Waals surface area (Å²) in [6, 6.07) is 5.51. The predicted molar refractivity (Wildman–Crippen MR) is 101 cm³/mol. The van der Waals surface area contributed by atoms with E-state index >= 15 is 0 Å². The molecular weight excluding hydrogens is 410 g/mol. The van der Waals surface area contributed by atoms with Gasteiger partial charge in [0, 0.05) is 36.7 Å². The van der Waals surface area contributed by atoms with Crippen molar-refractivity contribution in [3.63, 3.8) is 0 Å². The molecule has 138 valence electrons. The molecule has 0 aliphatic carbocycles. The number of ether oxygens (including phenoxy) is 1.